The van der Waals surface area contributed by atoms with Gasteiger partial charge in [0.2, 0.25) is 0 Å². The fourth-order valence-electron chi connectivity index (χ4n) is 2.00. The lowest BCUT2D eigenvalue weighted by atomic mass is 10.1. The Morgan fingerprint density at radius 1 is 1.25 bits per heavy atom. The molecule has 1 aromatic carbocycles. The highest BCUT2D eigenvalue weighted by Crippen LogP contribution is 2.32. The molecule has 6 heteroatoms. The molecule has 0 radical (unpaired) electrons. The van der Waals surface area contributed by atoms with E-state index in [1.807, 2.05) is 0 Å². The highest BCUT2D eigenvalue weighted by molar-refractivity contribution is 5.93. The minimum absolute atomic E-state index is 0.128. The largest absolute Gasteiger partial charge is 0.478 e. The van der Waals surface area contributed by atoms with Gasteiger partial charge >= 0.3 is 5.97 Å². The van der Waals surface area contributed by atoms with Crippen molar-refractivity contribution in [1.82, 2.24) is 4.98 Å². The highest BCUT2D eigenvalue weighted by Gasteiger charge is 2.11. The predicted molar refractivity (Wildman–Crippen MR) is 71.9 cm³/mol. The molecule has 1 N–H and O–H groups in total. The van der Waals surface area contributed by atoms with Crippen LogP contribution in [-0.4, -0.2) is 16.1 Å². The molecule has 0 atom stereocenters. The Hall–Kier alpha value is -3.02. The molecule has 2 aromatic heterocycles. The molecule has 0 aliphatic heterocycles. The third-order valence-electron chi connectivity index (χ3n) is 2.93. The average Bonchev–Trinajstić information content (AvgIpc) is 2.94. The van der Waals surface area contributed by atoms with Crippen LogP contribution in [0.25, 0.3) is 22.2 Å². The monoisotopic (exact) mass is 268 g/mol. The molecule has 98 valence electrons. The van der Waals surface area contributed by atoms with E-state index in [-0.39, 0.29) is 11.3 Å². The number of rotatable bonds is 3. The fourth-order valence-corrected chi connectivity index (χ4v) is 2.00. The fraction of sp³-hybridized carbons (Fsp3) is 0. The maximum atomic E-state index is 11.0. The van der Waals surface area contributed by atoms with Gasteiger partial charge in [-0.3, -0.25) is 4.98 Å². The zero-order chi connectivity index (χ0) is 14.1. The van der Waals surface area contributed by atoms with Crippen molar-refractivity contribution in [2.45, 2.75) is 0 Å². The summed E-state index contributed by atoms with van der Waals surface area (Å²) in [6, 6.07) is 7.84. The van der Waals surface area contributed by atoms with Crippen molar-refractivity contribution in [3.05, 3.63) is 53.3 Å². The summed E-state index contributed by atoms with van der Waals surface area (Å²) in [5, 5.41) is 12.6. The number of pyridine rings is 1. The van der Waals surface area contributed by atoms with Gasteiger partial charge in [-0.05, 0) is 35.5 Å². The van der Waals surface area contributed by atoms with Crippen LogP contribution in [-0.2, 0) is 0 Å². The van der Waals surface area contributed by atoms with E-state index in [4.69, 9.17) is 9.52 Å². The van der Waals surface area contributed by atoms with Crippen molar-refractivity contribution in [2.24, 2.45) is 5.18 Å². The first-order valence-electron chi connectivity index (χ1n) is 5.73. The molecular formula is C14H8N2O4. The van der Waals surface area contributed by atoms with Gasteiger partial charge in [0, 0.05) is 17.1 Å². The average molecular weight is 268 g/mol. The maximum Gasteiger partial charge on any atom is 0.335 e. The number of furan rings is 1. The first kappa shape index (κ1) is 12.0. The van der Waals surface area contributed by atoms with E-state index in [0.717, 1.165) is 0 Å². The third-order valence-corrected chi connectivity index (χ3v) is 2.93. The van der Waals surface area contributed by atoms with Crippen LogP contribution in [0.2, 0.25) is 0 Å². The summed E-state index contributed by atoms with van der Waals surface area (Å²) in [4.78, 5) is 25.9. The van der Waals surface area contributed by atoms with Gasteiger partial charge in [-0.25, -0.2) is 4.79 Å². The van der Waals surface area contributed by atoms with E-state index in [1.54, 1.807) is 12.1 Å². The van der Waals surface area contributed by atoms with Crippen LogP contribution in [0.3, 0.4) is 0 Å². The summed E-state index contributed by atoms with van der Waals surface area (Å²) in [5.74, 6) is -1.04. The number of aromatic carboxylic acids is 1. The standard InChI is InChI=1S/C14H8N2O4/c17-14(18)9-1-3-15-11(6-9)10-5-8-2-4-20-13(8)12(7-10)16-19/h1-7H,(H,17,18). The summed E-state index contributed by atoms with van der Waals surface area (Å²) in [6.45, 7) is 0. The van der Waals surface area contributed by atoms with Crippen LogP contribution in [0.5, 0.6) is 0 Å². The van der Waals surface area contributed by atoms with Crippen LogP contribution in [0.4, 0.5) is 5.69 Å². The summed E-state index contributed by atoms with van der Waals surface area (Å²) in [6.07, 6.45) is 2.87. The Morgan fingerprint density at radius 2 is 2.10 bits per heavy atom. The van der Waals surface area contributed by atoms with E-state index in [1.165, 1.54) is 30.7 Å². The second kappa shape index (κ2) is 4.58. The third kappa shape index (κ3) is 1.93. The van der Waals surface area contributed by atoms with Crippen molar-refractivity contribution >= 4 is 22.6 Å². The molecule has 0 spiro atoms. The van der Waals surface area contributed by atoms with E-state index >= 15 is 0 Å². The molecule has 6 nitrogen and oxygen atoms in total. The van der Waals surface area contributed by atoms with Crippen LogP contribution in [0, 0.1) is 4.91 Å². The minimum Gasteiger partial charge on any atom is -0.478 e. The number of nitrogens with zero attached hydrogens (tertiary/aromatic N) is 2. The first-order valence-corrected chi connectivity index (χ1v) is 5.73. The number of benzene rings is 1. The van der Waals surface area contributed by atoms with Gasteiger partial charge in [0.1, 0.15) is 0 Å². The smallest absolute Gasteiger partial charge is 0.335 e. The van der Waals surface area contributed by atoms with Crippen molar-refractivity contribution in [2.75, 3.05) is 0 Å². The molecule has 2 heterocycles. The number of hydrogen-bond acceptors (Lipinski definition) is 5. The van der Waals surface area contributed by atoms with Crippen LogP contribution >= 0.6 is 0 Å². The molecule has 0 aliphatic carbocycles. The lowest BCUT2D eigenvalue weighted by molar-refractivity contribution is 0.0697. The summed E-state index contributed by atoms with van der Waals surface area (Å²) in [5.41, 5.74) is 1.75. The summed E-state index contributed by atoms with van der Waals surface area (Å²) in [7, 11) is 0. The summed E-state index contributed by atoms with van der Waals surface area (Å²) >= 11 is 0. The molecule has 20 heavy (non-hydrogen) atoms. The second-order valence-electron chi connectivity index (χ2n) is 4.16. The Balaban J connectivity index is 2.21. The SMILES string of the molecule is O=Nc1cc(-c2cc(C(=O)O)ccn2)cc2ccoc12. The van der Waals surface area contributed by atoms with Gasteiger partial charge in [0.15, 0.2) is 11.3 Å². The predicted octanol–water partition coefficient (Wildman–Crippen LogP) is 3.59. The number of carboxylic acid groups (broad SMARTS) is 1. The zero-order valence-corrected chi connectivity index (χ0v) is 10.1. The molecular weight excluding hydrogens is 260 g/mol. The quantitative estimate of drug-likeness (QED) is 0.732. The summed E-state index contributed by atoms with van der Waals surface area (Å²) < 4.78 is 5.18. The molecule has 0 saturated heterocycles. The van der Waals surface area contributed by atoms with Gasteiger partial charge in [0.25, 0.3) is 0 Å². The molecule has 3 rings (SSSR count). The normalized spacial score (nSPS) is 10.6. The molecule has 3 aromatic rings. The van der Waals surface area contributed by atoms with Gasteiger partial charge in [-0.15, -0.1) is 4.91 Å². The van der Waals surface area contributed by atoms with Gasteiger partial charge < -0.3 is 9.52 Å². The van der Waals surface area contributed by atoms with Crippen LogP contribution < -0.4 is 0 Å². The van der Waals surface area contributed by atoms with Gasteiger partial charge in [0.05, 0.1) is 17.5 Å². The molecule has 0 aliphatic rings. The number of fused-ring (bicyclic) bond motifs is 1. The highest BCUT2D eigenvalue weighted by atomic mass is 16.4. The molecule has 0 amide bonds. The van der Waals surface area contributed by atoms with Gasteiger partial charge in [-0.1, -0.05) is 0 Å². The Kier molecular flexibility index (Phi) is 2.76. The lowest BCUT2D eigenvalue weighted by Gasteiger charge is -2.03. The maximum absolute atomic E-state index is 11.0. The minimum atomic E-state index is -1.04. The van der Waals surface area contributed by atoms with Crippen LogP contribution in [0.1, 0.15) is 10.4 Å². The Labute approximate surface area is 112 Å². The van der Waals surface area contributed by atoms with Crippen molar-refractivity contribution in [3.8, 4) is 11.3 Å². The van der Waals surface area contributed by atoms with E-state index in [0.29, 0.717) is 22.2 Å². The zero-order valence-electron chi connectivity index (χ0n) is 10.1. The molecule has 0 fully saturated rings. The van der Waals surface area contributed by atoms with E-state index in [2.05, 4.69) is 10.2 Å². The second-order valence-corrected chi connectivity index (χ2v) is 4.16. The van der Waals surface area contributed by atoms with E-state index in [9.17, 15) is 9.70 Å². The van der Waals surface area contributed by atoms with Gasteiger partial charge in [-0.2, -0.15) is 0 Å². The van der Waals surface area contributed by atoms with Crippen LogP contribution in [0.15, 0.2) is 52.4 Å². The Bertz CT molecular complexity index is 823. The topological polar surface area (TPSA) is 92.8 Å². The molecule has 0 saturated carbocycles. The lowest BCUT2D eigenvalue weighted by Crippen LogP contribution is -1.97. The van der Waals surface area contributed by atoms with Crippen molar-refractivity contribution < 1.29 is 14.3 Å². The molecule has 0 unspecified atom stereocenters. The number of carbonyl (C=O) groups is 1. The number of hydrogen-bond donors (Lipinski definition) is 1. The number of carboxylic acids is 1. The van der Waals surface area contributed by atoms with E-state index < -0.39 is 5.97 Å². The first-order chi connectivity index (χ1) is 9.69. The molecule has 0 bridgehead atoms. The number of aromatic nitrogens is 1. The number of nitroso groups, excluding NO2 is 1. The van der Waals surface area contributed by atoms with Crippen molar-refractivity contribution in [1.29, 1.82) is 0 Å². The Morgan fingerprint density at radius 3 is 2.85 bits per heavy atom. The van der Waals surface area contributed by atoms with Crippen molar-refractivity contribution in [3.63, 3.8) is 0 Å².